The highest BCUT2D eigenvalue weighted by atomic mass is 32.1. The Hall–Kier alpha value is -2.14. The quantitative estimate of drug-likeness (QED) is 0.847. The second-order valence-corrected chi connectivity index (χ2v) is 4.79. The lowest BCUT2D eigenvalue weighted by atomic mass is 10.1. The van der Waals surface area contributed by atoms with E-state index in [0.29, 0.717) is 17.5 Å². The number of hydrogen-bond donors (Lipinski definition) is 2. The summed E-state index contributed by atoms with van der Waals surface area (Å²) in [6.07, 6.45) is 1.68. The van der Waals surface area contributed by atoms with E-state index in [-0.39, 0.29) is 0 Å². The molecule has 20 heavy (non-hydrogen) atoms. The second-order valence-electron chi connectivity index (χ2n) is 4.38. The lowest BCUT2D eigenvalue weighted by Crippen LogP contribution is -2.27. The van der Waals surface area contributed by atoms with E-state index in [0.717, 1.165) is 5.69 Å². The highest BCUT2D eigenvalue weighted by Gasteiger charge is 1.99. The van der Waals surface area contributed by atoms with Gasteiger partial charge in [0.1, 0.15) is 0 Å². The molecule has 104 valence electrons. The van der Waals surface area contributed by atoms with Crippen LogP contribution in [0.5, 0.6) is 5.88 Å². The fraction of sp³-hybridized carbons (Fsp3) is 0.200. The Bertz CT molecular complexity index is 567. The molecule has 0 atom stereocenters. The first-order valence-corrected chi connectivity index (χ1v) is 6.68. The number of benzene rings is 1. The van der Waals surface area contributed by atoms with E-state index >= 15 is 0 Å². The SMILES string of the molecule is COc1ccc(NC(=S)NCc2ccc(C)cc2)cn1. The molecule has 0 saturated carbocycles. The van der Waals surface area contributed by atoms with Gasteiger partial charge in [-0.2, -0.15) is 0 Å². The van der Waals surface area contributed by atoms with Gasteiger partial charge in [-0.05, 0) is 30.8 Å². The first kappa shape index (κ1) is 14.3. The van der Waals surface area contributed by atoms with Gasteiger partial charge >= 0.3 is 0 Å². The minimum atomic E-state index is 0.567. The van der Waals surface area contributed by atoms with Crippen molar-refractivity contribution >= 4 is 23.0 Å². The fourth-order valence-electron chi connectivity index (χ4n) is 1.64. The molecule has 0 bridgehead atoms. The van der Waals surface area contributed by atoms with Crippen LogP contribution in [0, 0.1) is 6.92 Å². The molecule has 1 aromatic carbocycles. The molecule has 1 aromatic heterocycles. The van der Waals surface area contributed by atoms with Gasteiger partial charge in [0.2, 0.25) is 5.88 Å². The maximum Gasteiger partial charge on any atom is 0.213 e. The average molecular weight is 287 g/mol. The fourth-order valence-corrected chi connectivity index (χ4v) is 1.83. The molecule has 0 fully saturated rings. The van der Waals surface area contributed by atoms with Crippen molar-refractivity contribution in [1.29, 1.82) is 0 Å². The number of hydrogen-bond acceptors (Lipinski definition) is 3. The molecule has 2 N–H and O–H groups in total. The third kappa shape index (κ3) is 4.20. The molecular weight excluding hydrogens is 270 g/mol. The Morgan fingerprint density at radius 3 is 2.55 bits per heavy atom. The molecule has 4 nitrogen and oxygen atoms in total. The third-order valence-corrected chi connectivity index (χ3v) is 3.02. The predicted molar refractivity (Wildman–Crippen MR) is 85.0 cm³/mol. The molecule has 0 saturated heterocycles. The van der Waals surface area contributed by atoms with Gasteiger partial charge in [-0.1, -0.05) is 29.8 Å². The molecule has 0 amide bonds. The molecule has 2 rings (SSSR count). The number of methoxy groups -OCH3 is 1. The van der Waals surface area contributed by atoms with Gasteiger partial charge in [0.15, 0.2) is 5.11 Å². The molecule has 0 aliphatic carbocycles. The zero-order valence-corrected chi connectivity index (χ0v) is 12.3. The van der Waals surface area contributed by atoms with E-state index in [2.05, 4.69) is 46.8 Å². The number of aryl methyl sites for hydroxylation is 1. The average Bonchev–Trinajstić information content (AvgIpc) is 2.47. The van der Waals surface area contributed by atoms with Crippen molar-refractivity contribution in [2.75, 3.05) is 12.4 Å². The molecule has 0 aliphatic rings. The standard InChI is InChI=1S/C15H17N3OS/c1-11-3-5-12(6-4-11)9-17-15(20)18-13-7-8-14(19-2)16-10-13/h3-8,10H,9H2,1-2H3,(H2,17,18,20). The number of anilines is 1. The van der Waals surface area contributed by atoms with Crippen LogP contribution in [0.3, 0.4) is 0 Å². The smallest absolute Gasteiger partial charge is 0.213 e. The van der Waals surface area contributed by atoms with Crippen LogP contribution in [-0.2, 0) is 6.54 Å². The predicted octanol–water partition coefficient (Wildman–Crippen LogP) is 2.89. The Morgan fingerprint density at radius 1 is 1.20 bits per heavy atom. The van der Waals surface area contributed by atoms with Crippen molar-refractivity contribution in [2.24, 2.45) is 0 Å². The van der Waals surface area contributed by atoms with Gasteiger partial charge in [0.05, 0.1) is 19.0 Å². The number of pyridine rings is 1. The molecule has 0 aliphatic heterocycles. The highest BCUT2D eigenvalue weighted by molar-refractivity contribution is 7.80. The normalized spacial score (nSPS) is 9.90. The summed E-state index contributed by atoms with van der Waals surface area (Å²) in [4.78, 5) is 4.11. The molecule has 0 unspecified atom stereocenters. The van der Waals surface area contributed by atoms with Crippen LogP contribution in [0.4, 0.5) is 5.69 Å². The van der Waals surface area contributed by atoms with Gasteiger partial charge < -0.3 is 15.4 Å². The Balaban J connectivity index is 1.84. The van der Waals surface area contributed by atoms with E-state index in [1.807, 2.05) is 6.07 Å². The van der Waals surface area contributed by atoms with Crippen molar-refractivity contribution < 1.29 is 4.74 Å². The summed E-state index contributed by atoms with van der Waals surface area (Å²) in [7, 11) is 1.59. The number of ether oxygens (including phenoxy) is 1. The van der Waals surface area contributed by atoms with E-state index in [1.165, 1.54) is 11.1 Å². The van der Waals surface area contributed by atoms with Crippen LogP contribution in [-0.4, -0.2) is 17.2 Å². The lowest BCUT2D eigenvalue weighted by molar-refractivity contribution is 0.398. The van der Waals surface area contributed by atoms with Crippen molar-refractivity contribution in [3.63, 3.8) is 0 Å². The van der Waals surface area contributed by atoms with Crippen LogP contribution >= 0.6 is 12.2 Å². The molecule has 2 aromatic rings. The number of nitrogens with one attached hydrogen (secondary N) is 2. The van der Waals surface area contributed by atoms with E-state index in [1.54, 1.807) is 19.4 Å². The number of aromatic nitrogens is 1. The summed E-state index contributed by atoms with van der Waals surface area (Å²) in [5, 5.41) is 6.80. The summed E-state index contributed by atoms with van der Waals surface area (Å²) in [5.41, 5.74) is 3.26. The molecule has 1 heterocycles. The minimum Gasteiger partial charge on any atom is -0.481 e. The van der Waals surface area contributed by atoms with Gasteiger partial charge in [-0.15, -0.1) is 0 Å². The maximum atomic E-state index is 5.24. The lowest BCUT2D eigenvalue weighted by Gasteiger charge is -2.10. The van der Waals surface area contributed by atoms with Crippen molar-refractivity contribution in [3.05, 3.63) is 53.7 Å². The Morgan fingerprint density at radius 2 is 1.95 bits per heavy atom. The van der Waals surface area contributed by atoms with Crippen molar-refractivity contribution in [3.8, 4) is 5.88 Å². The van der Waals surface area contributed by atoms with Crippen LogP contribution in [0.15, 0.2) is 42.6 Å². The topological polar surface area (TPSA) is 46.2 Å². The Kier molecular flexibility index (Phi) is 4.90. The molecule has 0 radical (unpaired) electrons. The molecule has 5 heteroatoms. The first-order valence-electron chi connectivity index (χ1n) is 6.28. The zero-order valence-electron chi connectivity index (χ0n) is 11.5. The summed E-state index contributed by atoms with van der Waals surface area (Å²) >= 11 is 5.24. The zero-order chi connectivity index (χ0) is 14.4. The number of thiocarbonyl (C=S) groups is 1. The number of nitrogens with zero attached hydrogens (tertiary/aromatic N) is 1. The minimum absolute atomic E-state index is 0.567. The van der Waals surface area contributed by atoms with Crippen molar-refractivity contribution in [2.45, 2.75) is 13.5 Å². The van der Waals surface area contributed by atoms with E-state index in [4.69, 9.17) is 17.0 Å². The van der Waals surface area contributed by atoms with E-state index in [9.17, 15) is 0 Å². The summed E-state index contributed by atoms with van der Waals surface area (Å²) in [6.45, 7) is 2.76. The molecule has 0 spiro atoms. The van der Waals surface area contributed by atoms with Crippen LogP contribution in [0.2, 0.25) is 0 Å². The van der Waals surface area contributed by atoms with Gasteiger partial charge in [-0.3, -0.25) is 0 Å². The monoisotopic (exact) mass is 287 g/mol. The highest BCUT2D eigenvalue weighted by Crippen LogP contribution is 2.10. The largest absolute Gasteiger partial charge is 0.481 e. The van der Waals surface area contributed by atoms with Gasteiger partial charge in [-0.25, -0.2) is 4.98 Å². The first-order chi connectivity index (χ1) is 9.67. The van der Waals surface area contributed by atoms with Crippen LogP contribution in [0.1, 0.15) is 11.1 Å². The third-order valence-electron chi connectivity index (χ3n) is 2.78. The summed E-state index contributed by atoms with van der Waals surface area (Å²) < 4.78 is 5.00. The Labute approximate surface area is 124 Å². The second kappa shape index (κ2) is 6.86. The van der Waals surface area contributed by atoms with Crippen LogP contribution in [0.25, 0.3) is 0 Å². The summed E-state index contributed by atoms with van der Waals surface area (Å²) in [6, 6.07) is 12.0. The maximum absolute atomic E-state index is 5.24. The van der Waals surface area contributed by atoms with Crippen LogP contribution < -0.4 is 15.4 Å². The van der Waals surface area contributed by atoms with Crippen molar-refractivity contribution in [1.82, 2.24) is 10.3 Å². The van der Waals surface area contributed by atoms with Gasteiger partial charge in [0, 0.05) is 12.6 Å². The van der Waals surface area contributed by atoms with E-state index < -0.39 is 0 Å². The number of rotatable bonds is 4. The van der Waals surface area contributed by atoms with Gasteiger partial charge in [0.25, 0.3) is 0 Å². The molecular formula is C15H17N3OS. The summed E-state index contributed by atoms with van der Waals surface area (Å²) in [5.74, 6) is 0.578.